The van der Waals surface area contributed by atoms with Crippen LogP contribution < -0.4 is 10.2 Å². The first kappa shape index (κ1) is 13.9. The lowest BCUT2D eigenvalue weighted by molar-refractivity contribution is 0.501. The van der Waals surface area contributed by atoms with Gasteiger partial charge in [0.2, 0.25) is 0 Å². The lowest BCUT2D eigenvalue weighted by Crippen LogP contribution is -2.49. The Balaban J connectivity index is 0.00000128. The molecule has 1 aliphatic rings. The van der Waals surface area contributed by atoms with Crippen molar-refractivity contribution in [3.05, 3.63) is 28.2 Å². The van der Waals surface area contributed by atoms with Crippen LogP contribution in [0.1, 0.15) is 6.92 Å². The van der Waals surface area contributed by atoms with Gasteiger partial charge in [0.25, 0.3) is 0 Å². The number of rotatable bonds is 1. The van der Waals surface area contributed by atoms with Crippen molar-refractivity contribution in [2.45, 2.75) is 13.0 Å². The number of anilines is 1. The van der Waals surface area contributed by atoms with E-state index in [0.29, 0.717) is 16.1 Å². The van der Waals surface area contributed by atoms with E-state index < -0.39 is 0 Å². The largest absolute Gasteiger partial charge is 0.366 e. The van der Waals surface area contributed by atoms with Crippen molar-refractivity contribution in [1.82, 2.24) is 5.32 Å². The molecule has 0 amide bonds. The third-order valence-corrected chi connectivity index (χ3v) is 3.12. The van der Waals surface area contributed by atoms with Crippen molar-refractivity contribution in [1.29, 1.82) is 0 Å². The Morgan fingerprint density at radius 3 is 2.44 bits per heavy atom. The molecule has 2 rings (SSSR count). The van der Waals surface area contributed by atoms with E-state index in [0.717, 1.165) is 25.3 Å². The molecule has 0 aliphatic carbocycles. The van der Waals surface area contributed by atoms with Gasteiger partial charge in [-0.15, -0.1) is 12.4 Å². The molecule has 1 heterocycles. The fourth-order valence-corrected chi connectivity index (χ4v) is 2.44. The number of piperazine rings is 1. The summed E-state index contributed by atoms with van der Waals surface area (Å²) in [5.41, 5.74) is 1.11. The van der Waals surface area contributed by atoms with Gasteiger partial charge in [0.15, 0.2) is 0 Å². The predicted molar refractivity (Wildman–Crippen MR) is 73.4 cm³/mol. The lowest BCUT2D eigenvalue weighted by Gasteiger charge is -2.36. The Morgan fingerprint density at radius 2 is 1.88 bits per heavy atom. The predicted octanol–water partition coefficient (Wildman–Crippen LogP) is 3.21. The molecule has 0 radical (unpaired) electrons. The smallest absolute Gasteiger partial charge is 0.0441 e. The first-order chi connectivity index (χ1) is 7.16. The summed E-state index contributed by atoms with van der Waals surface area (Å²) in [5.74, 6) is 0. The van der Waals surface area contributed by atoms with E-state index in [2.05, 4.69) is 17.1 Å². The molecule has 2 nitrogen and oxygen atoms in total. The van der Waals surface area contributed by atoms with Gasteiger partial charge in [0, 0.05) is 41.4 Å². The first-order valence-electron chi connectivity index (χ1n) is 5.10. The molecule has 1 saturated heterocycles. The van der Waals surface area contributed by atoms with Gasteiger partial charge in [-0.25, -0.2) is 0 Å². The number of hydrogen-bond donors (Lipinski definition) is 1. The number of nitrogens with zero attached hydrogens (tertiary/aromatic N) is 1. The fraction of sp³-hybridized carbons (Fsp3) is 0.455. The number of benzene rings is 1. The fourth-order valence-electron chi connectivity index (χ4n) is 1.93. The highest BCUT2D eigenvalue weighted by Crippen LogP contribution is 2.27. The molecule has 1 N–H and O–H groups in total. The molecule has 0 bridgehead atoms. The Bertz CT molecular complexity index is 337. The van der Waals surface area contributed by atoms with Gasteiger partial charge in [-0.2, -0.15) is 0 Å². The van der Waals surface area contributed by atoms with Gasteiger partial charge in [-0.05, 0) is 25.1 Å². The van der Waals surface area contributed by atoms with Crippen LogP contribution in [0, 0.1) is 0 Å². The molecular formula is C11H15Cl3N2. The molecule has 0 aromatic heterocycles. The zero-order chi connectivity index (χ0) is 10.8. The molecule has 5 heteroatoms. The van der Waals surface area contributed by atoms with Gasteiger partial charge in [-0.1, -0.05) is 23.2 Å². The average molecular weight is 282 g/mol. The van der Waals surface area contributed by atoms with Crippen molar-refractivity contribution in [2.24, 2.45) is 0 Å². The maximum absolute atomic E-state index is 5.99. The Morgan fingerprint density at radius 1 is 1.25 bits per heavy atom. The van der Waals surface area contributed by atoms with E-state index in [9.17, 15) is 0 Å². The highest BCUT2D eigenvalue weighted by atomic mass is 35.5. The van der Waals surface area contributed by atoms with Crippen LogP contribution in [0.15, 0.2) is 18.2 Å². The third-order valence-electron chi connectivity index (χ3n) is 2.68. The molecule has 90 valence electrons. The normalized spacial score (nSPS) is 20.4. The summed E-state index contributed by atoms with van der Waals surface area (Å²) in [6.45, 7) is 5.21. The molecule has 1 unspecified atom stereocenters. The summed E-state index contributed by atoms with van der Waals surface area (Å²) in [7, 11) is 0. The minimum Gasteiger partial charge on any atom is -0.366 e. The van der Waals surface area contributed by atoms with Crippen LogP contribution in [0.3, 0.4) is 0 Å². The van der Waals surface area contributed by atoms with E-state index in [1.807, 2.05) is 12.1 Å². The number of halogens is 3. The van der Waals surface area contributed by atoms with Gasteiger partial charge >= 0.3 is 0 Å². The standard InChI is InChI=1S/C11H14Cl2N2.ClH/c1-8-7-14-2-3-15(8)11-5-9(12)4-10(13)6-11;/h4-6,8,14H,2-3,7H2,1H3;1H. The number of nitrogens with one attached hydrogen (secondary N) is 1. The molecular weight excluding hydrogens is 266 g/mol. The highest BCUT2D eigenvalue weighted by Gasteiger charge is 2.18. The second kappa shape index (κ2) is 5.97. The summed E-state index contributed by atoms with van der Waals surface area (Å²) < 4.78 is 0. The minimum absolute atomic E-state index is 0. The van der Waals surface area contributed by atoms with Crippen molar-refractivity contribution in [2.75, 3.05) is 24.5 Å². The molecule has 1 fully saturated rings. The molecule has 1 aromatic carbocycles. The van der Waals surface area contributed by atoms with Crippen LogP contribution in [0.4, 0.5) is 5.69 Å². The van der Waals surface area contributed by atoms with Gasteiger partial charge < -0.3 is 10.2 Å². The van der Waals surface area contributed by atoms with E-state index >= 15 is 0 Å². The van der Waals surface area contributed by atoms with Crippen molar-refractivity contribution in [3.8, 4) is 0 Å². The topological polar surface area (TPSA) is 15.3 Å². The van der Waals surface area contributed by atoms with Crippen LogP contribution >= 0.6 is 35.6 Å². The SMILES string of the molecule is CC1CNCCN1c1cc(Cl)cc(Cl)c1.Cl. The quantitative estimate of drug-likeness (QED) is 0.850. The number of hydrogen-bond acceptors (Lipinski definition) is 2. The van der Waals surface area contributed by atoms with E-state index in [4.69, 9.17) is 23.2 Å². The third kappa shape index (κ3) is 3.17. The summed E-state index contributed by atoms with van der Waals surface area (Å²) in [4.78, 5) is 2.33. The first-order valence-corrected chi connectivity index (χ1v) is 5.86. The highest BCUT2D eigenvalue weighted by molar-refractivity contribution is 6.35. The van der Waals surface area contributed by atoms with Crippen molar-refractivity contribution >= 4 is 41.3 Å². The summed E-state index contributed by atoms with van der Waals surface area (Å²) in [5, 5.41) is 4.75. The van der Waals surface area contributed by atoms with Gasteiger partial charge in [0.05, 0.1) is 0 Å². The second-order valence-corrected chi connectivity index (χ2v) is 4.75. The Kier molecular flexibility index (Phi) is 5.19. The average Bonchev–Trinajstić information content (AvgIpc) is 2.16. The van der Waals surface area contributed by atoms with Crippen LogP contribution in [0.2, 0.25) is 10.0 Å². The van der Waals surface area contributed by atoms with Crippen LogP contribution in [-0.4, -0.2) is 25.7 Å². The Hall–Kier alpha value is -0.150. The maximum Gasteiger partial charge on any atom is 0.0441 e. The Labute approximate surface area is 112 Å². The molecule has 1 aromatic rings. The molecule has 1 atom stereocenters. The lowest BCUT2D eigenvalue weighted by atomic mass is 10.2. The molecule has 16 heavy (non-hydrogen) atoms. The molecule has 1 aliphatic heterocycles. The van der Waals surface area contributed by atoms with Crippen LogP contribution in [-0.2, 0) is 0 Å². The summed E-state index contributed by atoms with van der Waals surface area (Å²) in [6, 6.07) is 6.18. The second-order valence-electron chi connectivity index (χ2n) is 3.87. The maximum atomic E-state index is 5.99. The van der Waals surface area contributed by atoms with Crippen molar-refractivity contribution in [3.63, 3.8) is 0 Å². The summed E-state index contributed by atoms with van der Waals surface area (Å²) >= 11 is 12.0. The molecule has 0 saturated carbocycles. The van der Waals surface area contributed by atoms with Crippen molar-refractivity contribution < 1.29 is 0 Å². The summed E-state index contributed by atoms with van der Waals surface area (Å²) in [6.07, 6.45) is 0. The van der Waals surface area contributed by atoms with E-state index in [1.165, 1.54) is 0 Å². The van der Waals surface area contributed by atoms with Gasteiger partial charge in [0.1, 0.15) is 0 Å². The van der Waals surface area contributed by atoms with Gasteiger partial charge in [-0.3, -0.25) is 0 Å². The van der Waals surface area contributed by atoms with E-state index in [-0.39, 0.29) is 12.4 Å². The molecule has 0 spiro atoms. The minimum atomic E-state index is 0. The zero-order valence-electron chi connectivity index (χ0n) is 9.04. The van der Waals surface area contributed by atoms with Crippen LogP contribution in [0.5, 0.6) is 0 Å². The van der Waals surface area contributed by atoms with Crippen LogP contribution in [0.25, 0.3) is 0 Å². The monoisotopic (exact) mass is 280 g/mol. The van der Waals surface area contributed by atoms with E-state index in [1.54, 1.807) is 6.07 Å². The zero-order valence-corrected chi connectivity index (χ0v) is 11.4.